The number of carbonyl (C=O) groups excluding carboxylic acids is 1. The molecule has 3 nitrogen and oxygen atoms in total. The van der Waals surface area contributed by atoms with Gasteiger partial charge in [-0.05, 0) is 49.9 Å². The fraction of sp³-hybridized carbons (Fsp3) is 0.533. The standard InChI is InChI=1S/C15H22N2O/c1-2-12-4-6-13(7-5-12)15(18)17(11-3-10-16)14-8-9-14/h4-7,14H,2-3,8-11,16H2,1H3. The number of hydrogen-bond donors (Lipinski definition) is 1. The van der Waals surface area contributed by atoms with E-state index in [-0.39, 0.29) is 5.91 Å². The van der Waals surface area contributed by atoms with Crippen molar-refractivity contribution in [3.8, 4) is 0 Å². The lowest BCUT2D eigenvalue weighted by Crippen LogP contribution is -2.34. The van der Waals surface area contributed by atoms with Crippen LogP contribution in [0.25, 0.3) is 0 Å². The molecule has 0 unspecified atom stereocenters. The van der Waals surface area contributed by atoms with Crippen molar-refractivity contribution >= 4 is 5.91 Å². The molecule has 0 saturated heterocycles. The Balaban J connectivity index is 2.06. The van der Waals surface area contributed by atoms with Crippen LogP contribution in [0.3, 0.4) is 0 Å². The van der Waals surface area contributed by atoms with Crippen molar-refractivity contribution in [1.82, 2.24) is 4.90 Å². The Morgan fingerprint density at radius 2 is 2.00 bits per heavy atom. The molecule has 0 aliphatic heterocycles. The average molecular weight is 246 g/mol. The lowest BCUT2D eigenvalue weighted by atomic mass is 10.1. The van der Waals surface area contributed by atoms with Gasteiger partial charge in [-0.15, -0.1) is 0 Å². The van der Waals surface area contributed by atoms with E-state index in [0.29, 0.717) is 12.6 Å². The first kappa shape index (κ1) is 13.1. The van der Waals surface area contributed by atoms with Crippen LogP contribution in [-0.2, 0) is 6.42 Å². The minimum absolute atomic E-state index is 0.161. The van der Waals surface area contributed by atoms with Crippen LogP contribution in [-0.4, -0.2) is 29.9 Å². The summed E-state index contributed by atoms with van der Waals surface area (Å²) in [5.74, 6) is 0.161. The predicted octanol–water partition coefficient (Wildman–Crippen LogP) is 2.20. The van der Waals surface area contributed by atoms with E-state index >= 15 is 0 Å². The Bertz CT molecular complexity index is 395. The van der Waals surface area contributed by atoms with Crippen LogP contribution in [0.15, 0.2) is 24.3 Å². The van der Waals surface area contributed by atoms with Gasteiger partial charge < -0.3 is 10.6 Å². The van der Waals surface area contributed by atoms with Gasteiger partial charge in [0, 0.05) is 18.2 Å². The first-order valence-corrected chi connectivity index (χ1v) is 6.86. The molecule has 1 aliphatic rings. The summed E-state index contributed by atoms with van der Waals surface area (Å²) in [4.78, 5) is 14.4. The molecule has 1 amide bonds. The Morgan fingerprint density at radius 1 is 1.33 bits per heavy atom. The molecule has 1 aromatic rings. The Hall–Kier alpha value is -1.35. The molecule has 0 radical (unpaired) electrons. The number of hydrogen-bond acceptors (Lipinski definition) is 2. The van der Waals surface area contributed by atoms with Gasteiger partial charge in [0.05, 0.1) is 0 Å². The second-order valence-corrected chi connectivity index (χ2v) is 4.92. The molecule has 2 rings (SSSR count). The highest BCUT2D eigenvalue weighted by Crippen LogP contribution is 2.28. The van der Waals surface area contributed by atoms with Crippen LogP contribution in [0.1, 0.15) is 42.1 Å². The third kappa shape index (κ3) is 3.10. The number of aryl methyl sites for hydroxylation is 1. The maximum Gasteiger partial charge on any atom is 0.254 e. The largest absolute Gasteiger partial charge is 0.336 e. The molecule has 0 spiro atoms. The van der Waals surface area contributed by atoms with Crippen molar-refractivity contribution in [3.63, 3.8) is 0 Å². The van der Waals surface area contributed by atoms with Crippen LogP contribution in [0.4, 0.5) is 0 Å². The van der Waals surface area contributed by atoms with Crippen molar-refractivity contribution in [2.75, 3.05) is 13.1 Å². The van der Waals surface area contributed by atoms with Crippen molar-refractivity contribution in [2.45, 2.75) is 38.6 Å². The van der Waals surface area contributed by atoms with Crippen molar-refractivity contribution in [2.24, 2.45) is 5.73 Å². The minimum Gasteiger partial charge on any atom is -0.336 e. The number of nitrogens with zero attached hydrogens (tertiary/aromatic N) is 1. The van der Waals surface area contributed by atoms with Gasteiger partial charge >= 0.3 is 0 Å². The van der Waals surface area contributed by atoms with E-state index in [9.17, 15) is 4.79 Å². The third-order valence-electron chi connectivity index (χ3n) is 3.46. The first-order valence-electron chi connectivity index (χ1n) is 6.86. The van der Waals surface area contributed by atoms with E-state index in [4.69, 9.17) is 5.73 Å². The zero-order valence-corrected chi connectivity index (χ0v) is 11.1. The maximum atomic E-state index is 12.4. The summed E-state index contributed by atoms with van der Waals surface area (Å²) in [7, 11) is 0. The molecule has 0 bridgehead atoms. The molecule has 1 saturated carbocycles. The van der Waals surface area contributed by atoms with Gasteiger partial charge in [-0.2, -0.15) is 0 Å². The lowest BCUT2D eigenvalue weighted by molar-refractivity contribution is 0.0742. The summed E-state index contributed by atoms with van der Waals surface area (Å²) in [6.45, 7) is 3.55. The van der Waals surface area contributed by atoms with Crippen LogP contribution in [0.2, 0.25) is 0 Å². The second kappa shape index (κ2) is 6.01. The molecule has 0 aromatic heterocycles. The quantitative estimate of drug-likeness (QED) is 0.836. The number of nitrogens with two attached hydrogens (primary N) is 1. The van der Waals surface area contributed by atoms with E-state index in [0.717, 1.165) is 37.8 Å². The third-order valence-corrected chi connectivity index (χ3v) is 3.46. The van der Waals surface area contributed by atoms with Gasteiger partial charge in [0.15, 0.2) is 0 Å². The molecule has 1 aromatic carbocycles. The summed E-state index contributed by atoms with van der Waals surface area (Å²) >= 11 is 0. The average Bonchev–Trinajstić information content (AvgIpc) is 3.24. The number of carbonyl (C=O) groups is 1. The van der Waals surface area contributed by atoms with Gasteiger partial charge in [-0.3, -0.25) is 4.79 Å². The van der Waals surface area contributed by atoms with E-state index < -0.39 is 0 Å². The van der Waals surface area contributed by atoms with Gasteiger partial charge in [0.1, 0.15) is 0 Å². The van der Waals surface area contributed by atoms with Gasteiger partial charge in [0.25, 0.3) is 5.91 Å². The number of rotatable bonds is 6. The van der Waals surface area contributed by atoms with Gasteiger partial charge in [-0.25, -0.2) is 0 Å². The lowest BCUT2D eigenvalue weighted by Gasteiger charge is -2.22. The topological polar surface area (TPSA) is 46.3 Å². The van der Waals surface area contributed by atoms with E-state index in [2.05, 4.69) is 6.92 Å². The maximum absolute atomic E-state index is 12.4. The molecule has 0 heterocycles. The van der Waals surface area contributed by atoms with Crippen molar-refractivity contribution in [1.29, 1.82) is 0 Å². The Labute approximate surface area is 109 Å². The van der Waals surface area contributed by atoms with Crippen molar-refractivity contribution in [3.05, 3.63) is 35.4 Å². The highest BCUT2D eigenvalue weighted by atomic mass is 16.2. The summed E-state index contributed by atoms with van der Waals surface area (Å²) in [5, 5.41) is 0. The van der Waals surface area contributed by atoms with Gasteiger partial charge in [0.2, 0.25) is 0 Å². The molecule has 3 heteroatoms. The smallest absolute Gasteiger partial charge is 0.254 e. The van der Waals surface area contributed by atoms with Crippen LogP contribution in [0.5, 0.6) is 0 Å². The zero-order valence-electron chi connectivity index (χ0n) is 11.1. The molecular formula is C15H22N2O. The normalized spacial score (nSPS) is 14.6. The Kier molecular flexibility index (Phi) is 4.37. The first-order chi connectivity index (χ1) is 8.76. The van der Waals surface area contributed by atoms with E-state index in [1.807, 2.05) is 29.2 Å². The molecular weight excluding hydrogens is 224 g/mol. The molecule has 18 heavy (non-hydrogen) atoms. The monoisotopic (exact) mass is 246 g/mol. The van der Waals surface area contributed by atoms with Crippen LogP contribution < -0.4 is 5.73 Å². The predicted molar refractivity (Wildman–Crippen MR) is 73.5 cm³/mol. The molecule has 0 atom stereocenters. The summed E-state index contributed by atoms with van der Waals surface area (Å²) in [6, 6.07) is 8.43. The summed E-state index contributed by atoms with van der Waals surface area (Å²) < 4.78 is 0. The van der Waals surface area contributed by atoms with E-state index in [1.165, 1.54) is 5.56 Å². The molecule has 1 aliphatic carbocycles. The summed E-state index contributed by atoms with van der Waals surface area (Å²) in [5.41, 5.74) is 7.61. The van der Waals surface area contributed by atoms with Crippen LogP contribution in [0, 0.1) is 0 Å². The fourth-order valence-electron chi connectivity index (χ4n) is 2.15. The highest BCUT2D eigenvalue weighted by molar-refractivity contribution is 5.94. The van der Waals surface area contributed by atoms with E-state index in [1.54, 1.807) is 0 Å². The number of amides is 1. The number of benzene rings is 1. The Morgan fingerprint density at radius 3 is 2.50 bits per heavy atom. The summed E-state index contributed by atoms with van der Waals surface area (Å²) in [6.07, 6.45) is 4.18. The molecule has 98 valence electrons. The second-order valence-electron chi connectivity index (χ2n) is 4.92. The highest BCUT2D eigenvalue weighted by Gasteiger charge is 2.32. The molecule has 1 fully saturated rings. The zero-order chi connectivity index (χ0) is 13.0. The van der Waals surface area contributed by atoms with Crippen LogP contribution >= 0.6 is 0 Å². The fourth-order valence-corrected chi connectivity index (χ4v) is 2.15. The van der Waals surface area contributed by atoms with Crippen molar-refractivity contribution < 1.29 is 4.79 Å². The SMILES string of the molecule is CCc1ccc(C(=O)N(CCCN)C2CC2)cc1. The molecule has 2 N–H and O–H groups in total. The minimum atomic E-state index is 0.161. The van der Waals surface area contributed by atoms with Gasteiger partial charge in [-0.1, -0.05) is 19.1 Å².